The highest BCUT2D eigenvalue weighted by Gasteiger charge is 2.22. The molecule has 0 fully saturated rings. The van der Waals surface area contributed by atoms with Crippen LogP contribution in [0.15, 0.2) is 30.6 Å². The molecule has 0 bridgehead atoms. The van der Waals surface area contributed by atoms with Crippen molar-refractivity contribution in [1.82, 2.24) is 4.98 Å². The molecule has 19 heavy (non-hydrogen) atoms. The van der Waals surface area contributed by atoms with E-state index in [9.17, 15) is 20.0 Å². The van der Waals surface area contributed by atoms with Gasteiger partial charge in [-0.25, -0.2) is 9.55 Å². The van der Waals surface area contributed by atoms with E-state index in [2.05, 4.69) is 4.98 Å². The molecule has 98 valence electrons. The summed E-state index contributed by atoms with van der Waals surface area (Å²) in [4.78, 5) is 23.7. The Kier molecular flexibility index (Phi) is 3.15. The summed E-state index contributed by atoms with van der Waals surface area (Å²) in [6.45, 7) is 0.257. The summed E-state index contributed by atoms with van der Waals surface area (Å²) >= 11 is 0. The van der Waals surface area contributed by atoms with Gasteiger partial charge in [0.2, 0.25) is 6.33 Å². The van der Waals surface area contributed by atoms with Crippen LogP contribution in [0, 0.1) is 10.1 Å². The Morgan fingerprint density at radius 3 is 2.58 bits per heavy atom. The molecule has 8 heteroatoms. The number of amides is 1. The van der Waals surface area contributed by atoms with Crippen molar-refractivity contribution in [3.63, 3.8) is 0 Å². The van der Waals surface area contributed by atoms with E-state index in [1.54, 1.807) is 12.1 Å². The van der Waals surface area contributed by atoms with Crippen molar-refractivity contribution in [1.29, 1.82) is 0 Å². The van der Waals surface area contributed by atoms with Crippen molar-refractivity contribution >= 4 is 11.6 Å². The maximum atomic E-state index is 11.2. The maximum Gasteiger partial charge on any atom is 0.333 e. The van der Waals surface area contributed by atoms with E-state index >= 15 is 0 Å². The van der Waals surface area contributed by atoms with Crippen LogP contribution in [0.1, 0.15) is 16.1 Å². The van der Waals surface area contributed by atoms with Crippen LogP contribution in [0.3, 0.4) is 0 Å². The van der Waals surface area contributed by atoms with Crippen LogP contribution in [0.4, 0.5) is 5.69 Å². The van der Waals surface area contributed by atoms with E-state index in [0.717, 1.165) is 5.56 Å². The molecule has 0 aliphatic rings. The highest BCUT2D eigenvalue weighted by atomic mass is 16.6. The SMILES string of the molecule is NC(=O)c1c(O)[nH]c[n+]1Cc1ccc([N+](=O)[O-])cc1. The number of nitrogens with one attached hydrogen (secondary N) is 1. The third-order valence-electron chi connectivity index (χ3n) is 2.60. The molecule has 0 saturated heterocycles. The first-order valence-corrected chi connectivity index (χ1v) is 5.32. The van der Waals surface area contributed by atoms with Crippen molar-refractivity contribution in [3.8, 4) is 5.88 Å². The van der Waals surface area contributed by atoms with Crippen LogP contribution in [0.5, 0.6) is 5.88 Å². The number of non-ortho nitro benzene ring substituents is 1. The fraction of sp³-hybridized carbons (Fsp3) is 0.0909. The predicted octanol–water partition coefficient (Wildman–Crippen LogP) is 0.0632. The number of primary amides is 1. The second-order valence-electron chi connectivity index (χ2n) is 3.89. The number of benzene rings is 1. The summed E-state index contributed by atoms with van der Waals surface area (Å²) in [5.74, 6) is -1.07. The number of aromatic nitrogens is 2. The van der Waals surface area contributed by atoms with E-state index in [-0.39, 0.29) is 23.8 Å². The van der Waals surface area contributed by atoms with Gasteiger partial charge in [-0.15, -0.1) is 0 Å². The quantitative estimate of drug-likeness (QED) is 0.409. The number of nitrogens with two attached hydrogens (primary N) is 1. The van der Waals surface area contributed by atoms with Gasteiger partial charge in [0.15, 0.2) is 0 Å². The molecule has 2 rings (SSSR count). The topological polar surface area (TPSA) is 126 Å². The molecule has 0 atom stereocenters. The number of nitro groups is 1. The van der Waals surface area contributed by atoms with Gasteiger partial charge in [0.1, 0.15) is 6.54 Å². The molecule has 1 amide bonds. The van der Waals surface area contributed by atoms with Crippen molar-refractivity contribution in [2.45, 2.75) is 6.54 Å². The second kappa shape index (κ2) is 4.77. The van der Waals surface area contributed by atoms with E-state index in [1.165, 1.54) is 23.0 Å². The van der Waals surface area contributed by atoms with Gasteiger partial charge in [0, 0.05) is 12.1 Å². The molecule has 0 aliphatic carbocycles. The minimum atomic E-state index is -0.763. The van der Waals surface area contributed by atoms with Crippen LogP contribution in [0.2, 0.25) is 0 Å². The summed E-state index contributed by atoms with van der Waals surface area (Å²) < 4.78 is 1.43. The van der Waals surface area contributed by atoms with E-state index in [4.69, 9.17) is 5.73 Å². The minimum Gasteiger partial charge on any atom is -0.475 e. The zero-order valence-electron chi connectivity index (χ0n) is 9.74. The van der Waals surface area contributed by atoms with Crippen molar-refractivity contribution < 1.29 is 19.4 Å². The number of H-pyrrole nitrogens is 1. The highest BCUT2D eigenvalue weighted by Crippen LogP contribution is 2.13. The summed E-state index contributed by atoms with van der Waals surface area (Å²) in [6.07, 6.45) is 1.40. The fourth-order valence-electron chi connectivity index (χ4n) is 1.71. The summed E-state index contributed by atoms with van der Waals surface area (Å²) in [6, 6.07) is 5.87. The van der Waals surface area contributed by atoms with Crippen LogP contribution >= 0.6 is 0 Å². The largest absolute Gasteiger partial charge is 0.475 e. The molecule has 8 nitrogen and oxygen atoms in total. The Morgan fingerprint density at radius 2 is 2.05 bits per heavy atom. The number of carbonyl (C=O) groups excluding carboxylic acids is 1. The van der Waals surface area contributed by atoms with Gasteiger partial charge < -0.3 is 10.8 Å². The Labute approximate surface area is 107 Å². The Morgan fingerprint density at radius 1 is 1.42 bits per heavy atom. The van der Waals surface area contributed by atoms with Crippen molar-refractivity contribution in [2.24, 2.45) is 5.73 Å². The van der Waals surface area contributed by atoms with Crippen LogP contribution in [-0.2, 0) is 6.54 Å². The number of aromatic hydroxyl groups is 1. The molecular weight excluding hydrogens is 252 g/mol. The molecule has 1 aromatic carbocycles. The van der Waals surface area contributed by atoms with Gasteiger partial charge in [-0.1, -0.05) is 0 Å². The van der Waals surface area contributed by atoms with Crippen molar-refractivity contribution in [3.05, 3.63) is 52.0 Å². The second-order valence-corrected chi connectivity index (χ2v) is 3.89. The number of hydrogen-bond donors (Lipinski definition) is 3. The molecular formula is C11H11N4O4+. The number of imidazole rings is 1. The molecule has 0 aliphatic heterocycles. The van der Waals surface area contributed by atoms with Crippen LogP contribution in [-0.4, -0.2) is 20.9 Å². The number of carbonyl (C=O) groups is 1. The minimum absolute atomic E-state index is 0.0132. The van der Waals surface area contributed by atoms with E-state index < -0.39 is 10.8 Å². The first-order chi connectivity index (χ1) is 8.99. The fourth-order valence-corrected chi connectivity index (χ4v) is 1.71. The van der Waals surface area contributed by atoms with Gasteiger partial charge in [0.05, 0.1) is 4.92 Å². The standard InChI is InChI=1S/C11H10N4O4/c12-10(16)9-11(17)13-6-14(9)5-7-1-3-8(4-2-7)15(18)19/h1-4,6H,5H2,(H3,12,16,17)/p+1. The zero-order chi connectivity index (χ0) is 14.0. The third kappa shape index (κ3) is 2.51. The first kappa shape index (κ1) is 12.6. The number of rotatable bonds is 4. The van der Waals surface area contributed by atoms with Crippen molar-refractivity contribution in [2.75, 3.05) is 0 Å². The molecule has 0 spiro atoms. The van der Waals surface area contributed by atoms with Gasteiger partial charge in [-0.3, -0.25) is 14.9 Å². The molecule has 2 aromatic rings. The van der Waals surface area contributed by atoms with Crippen LogP contribution in [0.25, 0.3) is 0 Å². The predicted molar refractivity (Wildman–Crippen MR) is 63.4 cm³/mol. The molecule has 0 saturated carbocycles. The molecule has 4 N–H and O–H groups in total. The summed E-state index contributed by atoms with van der Waals surface area (Å²) in [5, 5.41) is 19.9. The molecule has 0 radical (unpaired) electrons. The monoisotopic (exact) mass is 263 g/mol. The average Bonchev–Trinajstić information content (AvgIpc) is 2.71. The molecule has 1 heterocycles. The smallest absolute Gasteiger partial charge is 0.333 e. The van der Waals surface area contributed by atoms with Gasteiger partial charge >= 0.3 is 5.88 Å². The molecule has 1 aromatic heterocycles. The zero-order valence-corrected chi connectivity index (χ0v) is 9.74. The Bertz CT molecular complexity index is 633. The summed E-state index contributed by atoms with van der Waals surface area (Å²) in [5.41, 5.74) is 5.83. The molecule has 0 unspecified atom stereocenters. The third-order valence-corrected chi connectivity index (χ3v) is 2.60. The van der Waals surface area contributed by atoms with Gasteiger partial charge in [-0.05, 0) is 17.7 Å². The lowest BCUT2D eigenvalue weighted by Crippen LogP contribution is -2.40. The normalized spacial score (nSPS) is 10.3. The maximum absolute atomic E-state index is 11.2. The highest BCUT2D eigenvalue weighted by molar-refractivity contribution is 5.91. The number of hydrogen-bond acceptors (Lipinski definition) is 4. The Hall–Kier alpha value is -2.90. The van der Waals surface area contributed by atoms with Gasteiger partial charge in [-0.2, -0.15) is 0 Å². The number of nitrogens with zero attached hydrogens (tertiary/aromatic N) is 2. The van der Waals surface area contributed by atoms with E-state index in [1.807, 2.05) is 0 Å². The number of nitro benzene ring substituents is 1. The number of aromatic amines is 1. The van der Waals surface area contributed by atoms with E-state index in [0.29, 0.717) is 0 Å². The van der Waals surface area contributed by atoms with Gasteiger partial charge in [0.25, 0.3) is 17.3 Å². The lowest BCUT2D eigenvalue weighted by Gasteiger charge is -2.00. The summed E-state index contributed by atoms with van der Waals surface area (Å²) in [7, 11) is 0. The Balaban J connectivity index is 2.26. The first-order valence-electron chi connectivity index (χ1n) is 5.32. The van der Waals surface area contributed by atoms with Crippen LogP contribution < -0.4 is 10.3 Å². The lowest BCUT2D eigenvalue weighted by molar-refractivity contribution is -0.688. The lowest BCUT2D eigenvalue weighted by atomic mass is 10.2. The average molecular weight is 263 g/mol.